The standard InChI is InChI=1S/C21H22FN9O/c22-14-11-31(12-1-4-23-5-2-12)21-18(14)26-10-17(28-21)27-16-9-15(29-30-16)13-3-6-24-20-19(13)32-8-7-25-20/h3,6,9-12,23H,1-2,4-5,7-8H2,(H,24,25)(H2,27,28,29,30). The number of pyridine rings is 1. The van der Waals surface area contributed by atoms with E-state index in [-0.39, 0.29) is 17.4 Å². The second-order valence-corrected chi connectivity index (χ2v) is 7.90. The van der Waals surface area contributed by atoms with Crippen molar-refractivity contribution in [3.63, 3.8) is 0 Å². The van der Waals surface area contributed by atoms with Crippen LogP contribution in [0.25, 0.3) is 22.4 Å². The minimum absolute atomic E-state index is 0.205. The first kappa shape index (κ1) is 19.0. The number of piperidine rings is 1. The molecular weight excluding hydrogens is 413 g/mol. The summed E-state index contributed by atoms with van der Waals surface area (Å²) in [6.07, 6.45) is 6.62. The van der Waals surface area contributed by atoms with Gasteiger partial charge in [0, 0.05) is 30.1 Å². The van der Waals surface area contributed by atoms with Crippen LogP contribution in [0.15, 0.2) is 30.7 Å². The van der Waals surface area contributed by atoms with Gasteiger partial charge in [-0.15, -0.1) is 0 Å². The number of fused-ring (bicyclic) bond motifs is 2. The number of hydrogen-bond donors (Lipinski definition) is 4. The van der Waals surface area contributed by atoms with Crippen LogP contribution in [0.4, 0.5) is 21.8 Å². The monoisotopic (exact) mass is 435 g/mol. The highest BCUT2D eigenvalue weighted by Crippen LogP contribution is 2.36. The zero-order chi connectivity index (χ0) is 21.5. The Bertz CT molecular complexity index is 1280. The van der Waals surface area contributed by atoms with Crippen LogP contribution in [0, 0.1) is 5.82 Å². The molecule has 1 fully saturated rings. The fraction of sp³-hybridized carbons (Fsp3) is 0.333. The molecule has 2 aliphatic rings. The first-order valence-corrected chi connectivity index (χ1v) is 10.7. The van der Waals surface area contributed by atoms with Gasteiger partial charge in [-0.25, -0.2) is 19.3 Å². The molecule has 0 unspecified atom stereocenters. The van der Waals surface area contributed by atoms with Crippen molar-refractivity contribution in [2.24, 2.45) is 0 Å². The molecule has 4 N–H and O–H groups in total. The molecule has 0 aliphatic carbocycles. The summed E-state index contributed by atoms with van der Waals surface area (Å²) in [5.41, 5.74) is 2.47. The van der Waals surface area contributed by atoms with E-state index >= 15 is 0 Å². The molecular formula is C21H22FN9O. The van der Waals surface area contributed by atoms with Gasteiger partial charge in [-0.1, -0.05) is 0 Å². The molecule has 11 heteroatoms. The zero-order valence-electron chi connectivity index (χ0n) is 17.2. The number of aromatic nitrogens is 6. The van der Waals surface area contributed by atoms with E-state index in [1.165, 1.54) is 12.4 Å². The molecule has 0 saturated carbocycles. The Morgan fingerprint density at radius 2 is 2.06 bits per heavy atom. The number of hydrogen-bond acceptors (Lipinski definition) is 8. The Labute approximate surface area is 182 Å². The third-order valence-electron chi connectivity index (χ3n) is 5.85. The van der Waals surface area contributed by atoms with Crippen LogP contribution >= 0.6 is 0 Å². The highest BCUT2D eigenvalue weighted by Gasteiger charge is 2.21. The van der Waals surface area contributed by atoms with Crippen LogP contribution in [0.1, 0.15) is 18.9 Å². The predicted molar refractivity (Wildman–Crippen MR) is 118 cm³/mol. The minimum atomic E-state index is -0.351. The Kier molecular flexibility index (Phi) is 4.60. The van der Waals surface area contributed by atoms with Gasteiger partial charge in [0.2, 0.25) is 0 Å². The Morgan fingerprint density at radius 1 is 1.16 bits per heavy atom. The molecule has 6 heterocycles. The molecule has 0 bridgehead atoms. The number of aromatic amines is 1. The molecule has 6 rings (SSSR count). The number of halogens is 1. The first-order valence-electron chi connectivity index (χ1n) is 10.7. The largest absolute Gasteiger partial charge is 0.487 e. The van der Waals surface area contributed by atoms with Crippen molar-refractivity contribution in [3.8, 4) is 17.0 Å². The number of rotatable bonds is 4. The van der Waals surface area contributed by atoms with Gasteiger partial charge in [0.25, 0.3) is 0 Å². The lowest BCUT2D eigenvalue weighted by Gasteiger charge is -2.24. The normalized spacial score (nSPS) is 16.4. The average molecular weight is 435 g/mol. The maximum absolute atomic E-state index is 14.5. The third-order valence-corrected chi connectivity index (χ3v) is 5.85. The molecule has 4 aromatic heterocycles. The molecule has 164 valence electrons. The number of ether oxygens (including phenoxy) is 1. The number of nitrogens with one attached hydrogen (secondary N) is 4. The molecule has 0 amide bonds. The summed E-state index contributed by atoms with van der Waals surface area (Å²) in [5, 5.41) is 17.1. The molecule has 32 heavy (non-hydrogen) atoms. The average Bonchev–Trinajstić information content (AvgIpc) is 3.43. The van der Waals surface area contributed by atoms with Crippen LogP contribution in [0.5, 0.6) is 5.75 Å². The summed E-state index contributed by atoms with van der Waals surface area (Å²) < 4.78 is 22.2. The van der Waals surface area contributed by atoms with Crippen LogP contribution < -0.4 is 20.7 Å². The lowest BCUT2D eigenvalue weighted by Crippen LogP contribution is -2.29. The number of nitrogens with zero attached hydrogens (tertiary/aromatic N) is 5. The van der Waals surface area contributed by atoms with Crippen molar-refractivity contribution in [1.82, 2.24) is 35.0 Å². The van der Waals surface area contributed by atoms with E-state index in [1.54, 1.807) is 6.20 Å². The van der Waals surface area contributed by atoms with E-state index in [4.69, 9.17) is 4.74 Å². The summed E-state index contributed by atoms with van der Waals surface area (Å²) in [4.78, 5) is 13.3. The maximum Gasteiger partial charge on any atom is 0.171 e. The van der Waals surface area contributed by atoms with E-state index in [1.807, 2.05) is 16.7 Å². The highest BCUT2D eigenvalue weighted by atomic mass is 19.1. The molecule has 1 saturated heterocycles. The van der Waals surface area contributed by atoms with Gasteiger partial charge in [0.05, 0.1) is 18.4 Å². The lowest BCUT2D eigenvalue weighted by atomic mass is 10.1. The molecule has 0 aromatic carbocycles. The van der Waals surface area contributed by atoms with Crippen molar-refractivity contribution in [2.45, 2.75) is 18.9 Å². The summed E-state index contributed by atoms with van der Waals surface area (Å²) in [6.45, 7) is 3.12. The number of H-pyrrole nitrogens is 1. The van der Waals surface area contributed by atoms with Crippen LogP contribution in [0.3, 0.4) is 0 Å². The zero-order valence-corrected chi connectivity index (χ0v) is 17.2. The second kappa shape index (κ2) is 7.75. The Balaban J connectivity index is 1.29. The van der Waals surface area contributed by atoms with Crippen LogP contribution in [0.2, 0.25) is 0 Å². The van der Waals surface area contributed by atoms with E-state index in [0.717, 1.165) is 49.6 Å². The predicted octanol–water partition coefficient (Wildman–Crippen LogP) is 2.83. The maximum atomic E-state index is 14.5. The van der Waals surface area contributed by atoms with E-state index in [2.05, 4.69) is 41.1 Å². The van der Waals surface area contributed by atoms with Gasteiger partial charge in [0.1, 0.15) is 12.1 Å². The summed E-state index contributed by atoms with van der Waals surface area (Å²) >= 11 is 0. The number of anilines is 3. The fourth-order valence-corrected chi connectivity index (χ4v) is 4.31. The quantitative estimate of drug-likeness (QED) is 0.387. The SMILES string of the molecule is Fc1cn(C2CCNCC2)c2nc(Nc3cc(-c4ccnc5c4OCCN5)[nH]n3)cnc12. The molecule has 0 atom stereocenters. The van der Waals surface area contributed by atoms with Crippen LogP contribution in [-0.2, 0) is 0 Å². The van der Waals surface area contributed by atoms with Crippen molar-refractivity contribution >= 4 is 28.6 Å². The summed E-state index contributed by atoms with van der Waals surface area (Å²) in [6, 6.07) is 3.95. The third kappa shape index (κ3) is 3.30. The van der Waals surface area contributed by atoms with Crippen molar-refractivity contribution in [3.05, 3.63) is 36.5 Å². The van der Waals surface area contributed by atoms with Crippen molar-refractivity contribution < 1.29 is 9.13 Å². The van der Waals surface area contributed by atoms with Crippen LogP contribution in [-0.4, -0.2) is 56.0 Å². The topological polar surface area (TPSA) is 118 Å². The van der Waals surface area contributed by atoms with Crippen molar-refractivity contribution in [1.29, 1.82) is 0 Å². The van der Waals surface area contributed by atoms with Gasteiger partial charge >= 0.3 is 0 Å². The fourth-order valence-electron chi connectivity index (χ4n) is 4.31. The molecule has 4 aromatic rings. The first-order chi connectivity index (χ1) is 15.8. The van der Waals surface area contributed by atoms with Gasteiger partial charge in [0.15, 0.2) is 34.7 Å². The Morgan fingerprint density at radius 3 is 2.97 bits per heavy atom. The van der Waals surface area contributed by atoms with E-state index in [0.29, 0.717) is 29.6 Å². The molecule has 0 spiro atoms. The highest BCUT2D eigenvalue weighted by molar-refractivity contribution is 5.77. The Hall–Kier alpha value is -3.73. The molecule has 0 radical (unpaired) electrons. The van der Waals surface area contributed by atoms with E-state index < -0.39 is 0 Å². The molecule has 10 nitrogen and oxygen atoms in total. The van der Waals surface area contributed by atoms with Gasteiger partial charge < -0.3 is 25.3 Å². The molecule has 2 aliphatic heterocycles. The second-order valence-electron chi connectivity index (χ2n) is 7.90. The van der Waals surface area contributed by atoms with Gasteiger partial charge in [-0.2, -0.15) is 5.10 Å². The lowest BCUT2D eigenvalue weighted by molar-refractivity contribution is 0.322. The summed E-state index contributed by atoms with van der Waals surface area (Å²) in [5.74, 6) is 2.14. The smallest absolute Gasteiger partial charge is 0.171 e. The van der Waals surface area contributed by atoms with Gasteiger partial charge in [-0.3, -0.25) is 5.10 Å². The summed E-state index contributed by atoms with van der Waals surface area (Å²) in [7, 11) is 0. The van der Waals surface area contributed by atoms with E-state index in [9.17, 15) is 4.39 Å². The van der Waals surface area contributed by atoms with Gasteiger partial charge in [-0.05, 0) is 32.0 Å². The minimum Gasteiger partial charge on any atom is -0.487 e. The van der Waals surface area contributed by atoms with Crippen molar-refractivity contribution in [2.75, 3.05) is 36.9 Å².